The van der Waals surface area contributed by atoms with Gasteiger partial charge in [0.15, 0.2) is 6.10 Å². The highest BCUT2D eigenvalue weighted by molar-refractivity contribution is 7.80. The first kappa shape index (κ1) is 16.5. The van der Waals surface area contributed by atoms with Gasteiger partial charge >= 0.3 is 6.09 Å². The van der Waals surface area contributed by atoms with Gasteiger partial charge in [-0.25, -0.2) is 4.79 Å². The smallest absolute Gasteiger partial charge is 0.407 e. The predicted octanol–water partition coefficient (Wildman–Crippen LogP) is -0.834. The van der Waals surface area contributed by atoms with Gasteiger partial charge in [-0.2, -0.15) is 12.6 Å². The molecule has 1 aliphatic rings. The third kappa shape index (κ3) is 4.50. The second-order valence-corrected chi connectivity index (χ2v) is 4.78. The Morgan fingerprint density at radius 2 is 2.11 bits per heavy atom. The molecule has 1 rings (SSSR count). The number of carbonyl (C=O) groups is 1. The standard InChI is InChI=1S/C11H21NO6S/c1-6-10(18-11(15)12-3-4-19)9(14)8(13)7(17-6)5-16-2/h6-10,13-14,19H,3-5H2,1-2H3,(H,12,15). The Morgan fingerprint density at radius 3 is 2.68 bits per heavy atom. The first-order valence-electron chi connectivity index (χ1n) is 6.07. The summed E-state index contributed by atoms with van der Waals surface area (Å²) in [5.41, 5.74) is 0. The van der Waals surface area contributed by atoms with E-state index in [1.54, 1.807) is 6.92 Å². The Morgan fingerprint density at radius 1 is 1.42 bits per heavy atom. The summed E-state index contributed by atoms with van der Waals surface area (Å²) < 4.78 is 15.4. The lowest BCUT2D eigenvalue weighted by Crippen LogP contribution is -2.59. The van der Waals surface area contributed by atoms with Crippen LogP contribution in [-0.4, -0.2) is 72.8 Å². The average molecular weight is 295 g/mol. The molecule has 1 amide bonds. The van der Waals surface area contributed by atoms with Gasteiger partial charge in [-0.1, -0.05) is 0 Å². The zero-order valence-corrected chi connectivity index (χ0v) is 11.9. The van der Waals surface area contributed by atoms with Gasteiger partial charge in [-0.15, -0.1) is 0 Å². The monoisotopic (exact) mass is 295 g/mol. The third-order valence-corrected chi connectivity index (χ3v) is 3.10. The number of rotatable bonds is 5. The first-order valence-corrected chi connectivity index (χ1v) is 6.70. The lowest BCUT2D eigenvalue weighted by Gasteiger charge is -2.40. The number of hydrogen-bond acceptors (Lipinski definition) is 7. The molecule has 5 atom stereocenters. The minimum atomic E-state index is -1.22. The highest BCUT2D eigenvalue weighted by Gasteiger charge is 2.44. The molecule has 0 aromatic heterocycles. The summed E-state index contributed by atoms with van der Waals surface area (Å²) in [6, 6.07) is 0. The Balaban J connectivity index is 2.57. The number of thiol groups is 1. The molecule has 3 N–H and O–H groups in total. The summed E-state index contributed by atoms with van der Waals surface area (Å²) in [5.74, 6) is 0.479. The number of ether oxygens (including phenoxy) is 3. The molecule has 0 bridgehead atoms. The number of aliphatic hydroxyl groups excluding tert-OH is 2. The van der Waals surface area contributed by atoms with Gasteiger partial charge in [-0.3, -0.25) is 0 Å². The van der Waals surface area contributed by atoms with E-state index >= 15 is 0 Å². The van der Waals surface area contributed by atoms with Crippen molar-refractivity contribution in [3.05, 3.63) is 0 Å². The molecule has 19 heavy (non-hydrogen) atoms. The van der Waals surface area contributed by atoms with E-state index in [0.29, 0.717) is 12.3 Å². The average Bonchev–Trinajstić information content (AvgIpc) is 2.38. The SMILES string of the molecule is COCC1OC(C)C(OC(=O)NCCS)C(O)C1O. The van der Waals surface area contributed by atoms with Crippen LogP contribution in [0.5, 0.6) is 0 Å². The van der Waals surface area contributed by atoms with Crippen molar-refractivity contribution < 1.29 is 29.2 Å². The number of methoxy groups -OCH3 is 1. The van der Waals surface area contributed by atoms with E-state index in [0.717, 1.165) is 0 Å². The van der Waals surface area contributed by atoms with E-state index in [1.807, 2.05) is 0 Å². The zero-order valence-electron chi connectivity index (χ0n) is 11.0. The van der Waals surface area contributed by atoms with Crippen LogP contribution in [0.1, 0.15) is 6.92 Å². The Kier molecular flexibility index (Phi) is 6.87. The summed E-state index contributed by atoms with van der Waals surface area (Å²) in [4.78, 5) is 11.4. The molecule has 1 aliphatic heterocycles. The van der Waals surface area contributed by atoms with Crippen LogP contribution in [0.25, 0.3) is 0 Å². The molecule has 0 radical (unpaired) electrons. The summed E-state index contributed by atoms with van der Waals surface area (Å²) in [6.45, 7) is 2.17. The van der Waals surface area contributed by atoms with Crippen molar-refractivity contribution >= 4 is 18.7 Å². The van der Waals surface area contributed by atoms with E-state index < -0.39 is 36.6 Å². The van der Waals surface area contributed by atoms with Crippen molar-refractivity contribution in [2.45, 2.75) is 37.4 Å². The highest BCUT2D eigenvalue weighted by atomic mass is 32.1. The van der Waals surface area contributed by atoms with Crippen LogP contribution in [-0.2, 0) is 14.2 Å². The molecule has 0 aliphatic carbocycles. The minimum Gasteiger partial charge on any atom is -0.441 e. The van der Waals surface area contributed by atoms with Crippen LogP contribution in [0.3, 0.4) is 0 Å². The topological polar surface area (TPSA) is 97.3 Å². The molecule has 0 saturated carbocycles. The Labute approximate surface area is 117 Å². The van der Waals surface area contributed by atoms with Crippen molar-refractivity contribution in [2.24, 2.45) is 0 Å². The van der Waals surface area contributed by atoms with Gasteiger partial charge in [0.05, 0.1) is 12.7 Å². The lowest BCUT2D eigenvalue weighted by atomic mass is 9.96. The molecule has 5 unspecified atom stereocenters. The third-order valence-electron chi connectivity index (χ3n) is 2.87. The van der Waals surface area contributed by atoms with Crippen LogP contribution >= 0.6 is 12.6 Å². The van der Waals surface area contributed by atoms with Crippen LogP contribution in [0.2, 0.25) is 0 Å². The lowest BCUT2D eigenvalue weighted by molar-refractivity contribution is -0.225. The maximum absolute atomic E-state index is 11.4. The summed E-state index contributed by atoms with van der Waals surface area (Å²) in [5, 5.41) is 22.3. The molecule has 1 heterocycles. The minimum absolute atomic E-state index is 0.154. The number of aliphatic hydroxyl groups is 2. The molecule has 0 aromatic rings. The van der Waals surface area contributed by atoms with Gasteiger partial charge in [0.2, 0.25) is 0 Å². The molecule has 1 fully saturated rings. The molecule has 1 saturated heterocycles. The van der Waals surface area contributed by atoms with Gasteiger partial charge < -0.3 is 29.7 Å². The predicted molar refractivity (Wildman–Crippen MR) is 70.3 cm³/mol. The largest absolute Gasteiger partial charge is 0.441 e. The van der Waals surface area contributed by atoms with Crippen LogP contribution < -0.4 is 5.32 Å². The molecule has 0 aromatic carbocycles. The van der Waals surface area contributed by atoms with Gasteiger partial charge in [0.1, 0.15) is 18.3 Å². The second-order valence-electron chi connectivity index (χ2n) is 4.34. The second kappa shape index (κ2) is 7.91. The van der Waals surface area contributed by atoms with Crippen molar-refractivity contribution in [1.29, 1.82) is 0 Å². The van der Waals surface area contributed by atoms with E-state index in [-0.39, 0.29) is 6.61 Å². The highest BCUT2D eigenvalue weighted by Crippen LogP contribution is 2.23. The van der Waals surface area contributed by atoms with E-state index in [4.69, 9.17) is 14.2 Å². The number of amides is 1. The van der Waals surface area contributed by atoms with Gasteiger partial charge in [0.25, 0.3) is 0 Å². The van der Waals surface area contributed by atoms with Crippen LogP contribution in [0.15, 0.2) is 0 Å². The fourth-order valence-electron chi connectivity index (χ4n) is 1.92. The first-order chi connectivity index (χ1) is 9.01. The number of hydrogen-bond donors (Lipinski definition) is 4. The fourth-order valence-corrected chi connectivity index (χ4v) is 2.03. The molecule has 8 heteroatoms. The van der Waals surface area contributed by atoms with E-state index in [2.05, 4.69) is 17.9 Å². The van der Waals surface area contributed by atoms with Crippen molar-refractivity contribution in [3.63, 3.8) is 0 Å². The van der Waals surface area contributed by atoms with E-state index in [9.17, 15) is 15.0 Å². The van der Waals surface area contributed by atoms with Crippen molar-refractivity contribution in [3.8, 4) is 0 Å². The molecule has 112 valence electrons. The normalized spacial score (nSPS) is 34.9. The van der Waals surface area contributed by atoms with Crippen molar-refractivity contribution in [2.75, 3.05) is 26.0 Å². The number of carbonyl (C=O) groups excluding carboxylic acids is 1. The summed E-state index contributed by atoms with van der Waals surface area (Å²) in [6.07, 6.45) is -5.17. The van der Waals surface area contributed by atoms with Crippen LogP contribution in [0, 0.1) is 0 Å². The Hall–Kier alpha value is -0.540. The summed E-state index contributed by atoms with van der Waals surface area (Å²) >= 11 is 3.95. The van der Waals surface area contributed by atoms with Crippen molar-refractivity contribution in [1.82, 2.24) is 5.32 Å². The zero-order chi connectivity index (χ0) is 14.4. The molecule has 0 spiro atoms. The number of nitrogens with one attached hydrogen (secondary N) is 1. The summed E-state index contributed by atoms with van der Waals surface area (Å²) in [7, 11) is 1.47. The van der Waals surface area contributed by atoms with Gasteiger partial charge in [0, 0.05) is 19.4 Å². The quantitative estimate of drug-likeness (QED) is 0.494. The fraction of sp³-hybridized carbons (Fsp3) is 0.909. The van der Waals surface area contributed by atoms with Gasteiger partial charge in [-0.05, 0) is 6.92 Å². The maximum Gasteiger partial charge on any atom is 0.407 e. The van der Waals surface area contributed by atoms with Crippen LogP contribution in [0.4, 0.5) is 4.79 Å². The molecule has 7 nitrogen and oxygen atoms in total. The Bertz CT molecular complexity index is 292. The number of alkyl carbamates (subject to hydrolysis) is 1. The maximum atomic E-state index is 11.4. The molecular weight excluding hydrogens is 274 g/mol. The molecular formula is C11H21NO6S. The van der Waals surface area contributed by atoms with E-state index in [1.165, 1.54) is 7.11 Å².